The molecule has 0 aromatic heterocycles. The van der Waals surface area contributed by atoms with Gasteiger partial charge < -0.3 is 20.0 Å². The Bertz CT molecular complexity index is 1100. The highest BCUT2D eigenvalue weighted by Crippen LogP contribution is 2.44. The highest BCUT2D eigenvalue weighted by molar-refractivity contribution is 6.03. The predicted octanol–water partition coefficient (Wildman–Crippen LogP) is 4.69. The number of methoxy groups -OCH3 is 1. The summed E-state index contributed by atoms with van der Waals surface area (Å²) in [4.78, 5) is 17.8. The number of ether oxygens (including phenoxy) is 1. The number of anilines is 1. The summed E-state index contributed by atoms with van der Waals surface area (Å²) in [5.74, 6) is -2.20. The second-order valence-electron chi connectivity index (χ2n) is 8.54. The highest BCUT2D eigenvalue weighted by Gasteiger charge is 2.61. The van der Waals surface area contributed by atoms with Crippen LogP contribution in [-0.4, -0.2) is 35.6 Å². The van der Waals surface area contributed by atoms with Crippen LogP contribution in [0.4, 0.5) is 23.2 Å². The van der Waals surface area contributed by atoms with E-state index in [2.05, 4.69) is 10.5 Å². The number of oxime groups is 1. The average molecular weight is 468 g/mol. The lowest BCUT2D eigenvalue weighted by molar-refractivity contribution is -0.254. The number of fused-ring (bicyclic) bond motifs is 1. The summed E-state index contributed by atoms with van der Waals surface area (Å²) in [5, 5.41) is 16.7. The highest BCUT2D eigenvalue weighted by atomic mass is 19.4. The number of benzene rings is 2. The SMILES string of the molecule is COc1ccc(F)cc1C(C)(C)CC(O)(C(=O)Nc1ccc2c(c1)C(C)=NOC2)C(F)(F)F. The summed E-state index contributed by atoms with van der Waals surface area (Å²) in [6.07, 6.45) is -6.39. The monoisotopic (exact) mass is 468 g/mol. The molecule has 6 nitrogen and oxygen atoms in total. The topological polar surface area (TPSA) is 80.2 Å². The Labute approximate surface area is 188 Å². The number of amides is 1. The third-order valence-electron chi connectivity index (χ3n) is 5.61. The molecule has 1 atom stereocenters. The van der Waals surface area contributed by atoms with E-state index in [4.69, 9.17) is 9.57 Å². The van der Waals surface area contributed by atoms with E-state index in [1.807, 2.05) is 0 Å². The molecule has 1 heterocycles. The number of hydrogen-bond acceptors (Lipinski definition) is 5. The van der Waals surface area contributed by atoms with Gasteiger partial charge in [0.05, 0.1) is 12.8 Å². The molecule has 2 aromatic carbocycles. The van der Waals surface area contributed by atoms with Gasteiger partial charge in [0.2, 0.25) is 5.60 Å². The van der Waals surface area contributed by atoms with Crippen LogP contribution >= 0.6 is 0 Å². The molecule has 0 fully saturated rings. The standard InChI is InChI=1S/C23H24F4N2O4/c1-13-17-10-16(7-5-14(17)11-33-29-13)28-20(30)22(31,23(25,26)27)12-21(2,3)18-9-15(24)6-8-19(18)32-4/h5-10,31H,11-12H2,1-4H3,(H,28,30). The van der Waals surface area contributed by atoms with E-state index < -0.39 is 35.3 Å². The normalized spacial score (nSPS) is 15.6. The molecule has 1 aliphatic rings. The molecule has 0 saturated heterocycles. The number of carbonyl (C=O) groups excluding carboxylic acids is 1. The molecule has 1 amide bonds. The number of hydrogen-bond donors (Lipinski definition) is 2. The Hall–Kier alpha value is -3.14. The first kappa shape index (κ1) is 24.5. The van der Waals surface area contributed by atoms with Crippen LogP contribution in [0.2, 0.25) is 0 Å². The summed E-state index contributed by atoms with van der Waals surface area (Å²) in [5.41, 5.74) is -3.26. The third-order valence-corrected chi connectivity index (χ3v) is 5.61. The van der Waals surface area contributed by atoms with Gasteiger partial charge in [-0.2, -0.15) is 13.2 Å². The molecule has 0 saturated carbocycles. The summed E-state index contributed by atoms with van der Waals surface area (Å²) in [7, 11) is 1.29. The lowest BCUT2D eigenvalue weighted by atomic mass is 9.74. The van der Waals surface area contributed by atoms with Gasteiger partial charge in [-0.1, -0.05) is 25.1 Å². The lowest BCUT2D eigenvalue weighted by Gasteiger charge is -2.37. The Morgan fingerprint density at radius 1 is 1.21 bits per heavy atom. The maximum absolute atomic E-state index is 14.0. The van der Waals surface area contributed by atoms with Crippen molar-refractivity contribution < 1.29 is 37.0 Å². The first-order chi connectivity index (χ1) is 15.3. The van der Waals surface area contributed by atoms with Crippen molar-refractivity contribution in [1.29, 1.82) is 0 Å². The van der Waals surface area contributed by atoms with Crippen molar-refractivity contribution in [3.8, 4) is 5.75 Å². The van der Waals surface area contributed by atoms with Gasteiger partial charge >= 0.3 is 6.18 Å². The Kier molecular flexibility index (Phi) is 6.43. The number of nitrogens with zero attached hydrogens (tertiary/aromatic N) is 1. The minimum atomic E-state index is -5.31. The minimum Gasteiger partial charge on any atom is -0.496 e. The second-order valence-corrected chi connectivity index (χ2v) is 8.54. The molecule has 3 rings (SSSR count). The zero-order valence-corrected chi connectivity index (χ0v) is 18.5. The van der Waals surface area contributed by atoms with Crippen LogP contribution in [0.25, 0.3) is 0 Å². The molecule has 1 aliphatic heterocycles. The third kappa shape index (κ3) is 4.80. The summed E-state index contributed by atoms with van der Waals surface area (Å²) < 4.78 is 61.2. The van der Waals surface area contributed by atoms with Crippen molar-refractivity contribution >= 4 is 17.3 Å². The first-order valence-corrected chi connectivity index (χ1v) is 10.0. The van der Waals surface area contributed by atoms with Gasteiger partial charge in [0.25, 0.3) is 5.91 Å². The number of aliphatic hydroxyl groups is 1. The van der Waals surface area contributed by atoms with Crippen LogP contribution in [-0.2, 0) is 21.7 Å². The van der Waals surface area contributed by atoms with Crippen molar-refractivity contribution in [3.63, 3.8) is 0 Å². The number of rotatable bonds is 6. The van der Waals surface area contributed by atoms with Gasteiger partial charge in [0, 0.05) is 28.8 Å². The van der Waals surface area contributed by atoms with Gasteiger partial charge in [-0.05, 0) is 42.7 Å². The first-order valence-electron chi connectivity index (χ1n) is 10.0. The summed E-state index contributed by atoms with van der Waals surface area (Å²) >= 11 is 0. The molecular weight excluding hydrogens is 444 g/mol. The Balaban J connectivity index is 1.95. The lowest BCUT2D eigenvalue weighted by Crippen LogP contribution is -2.57. The van der Waals surface area contributed by atoms with E-state index in [9.17, 15) is 27.5 Å². The van der Waals surface area contributed by atoms with Crippen LogP contribution in [0.15, 0.2) is 41.6 Å². The van der Waals surface area contributed by atoms with Crippen LogP contribution in [0, 0.1) is 5.82 Å². The van der Waals surface area contributed by atoms with E-state index >= 15 is 0 Å². The van der Waals surface area contributed by atoms with Crippen LogP contribution in [0.3, 0.4) is 0 Å². The van der Waals surface area contributed by atoms with Gasteiger partial charge in [-0.25, -0.2) is 4.39 Å². The van der Waals surface area contributed by atoms with Crippen molar-refractivity contribution in [2.24, 2.45) is 5.16 Å². The van der Waals surface area contributed by atoms with Gasteiger partial charge in [-0.15, -0.1) is 0 Å². The maximum atomic E-state index is 14.0. The molecule has 33 heavy (non-hydrogen) atoms. The van der Waals surface area contributed by atoms with Gasteiger partial charge in [-0.3, -0.25) is 4.79 Å². The Morgan fingerprint density at radius 3 is 2.55 bits per heavy atom. The molecule has 178 valence electrons. The number of alkyl halides is 3. The average Bonchev–Trinajstić information content (AvgIpc) is 2.73. The van der Waals surface area contributed by atoms with E-state index in [0.29, 0.717) is 11.3 Å². The molecule has 2 N–H and O–H groups in total. The second kappa shape index (κ2) is 8.66. The quantitative estimate of drug-likeness (QED) is 0.603. The van der Waals surface area contributed by atoms with Crippen molar-refractivity contribution in [2.75, 3.05) is 12.4 Å². The van der Waals surface area contributed by atoms with E-state index in [1.54, 1.807) is 13.0 Å². The number of halogens is 4. The molecule has 10 heteroatoms. The number of carbonyl (C=O) groups is 1. The van der Waals surface area contributed by atoms with Crippen molar-refractivity contribution in [2.45, 2.75) is 51.0 Å². The van der Waals surface area contributed by atoms with E-state index in [0.717, 1.165) is 17.7 Å². The smallest absolute Gasteiger partial charge is 0.426 e. The molecule has 2 aromatic rings. The minimum absolute atomic E-state index is 0.0546. The zero-order chi connectivity index (χ0) is 24.6. The van der Waals surface area contributed by atoms with Gasteiger partial charge in [0.1, 0.15) is 18.2 Å². The van der Waals surface area contributed by atoms with Crippen LogP contribution < -0.4 is 10.1 Å². The summed E-state index contributed by atoms with van der Waals surface area (Å²) in [6.45, 7) is 4.58. The number of nitrogens with one attached hydrogen (secondary N) is 1. The summed E-state index contributed by atoms with van der Waals surface area (Å²) in [6, 6.07) is 7.88. The van der Waals surface area contributed by atoms with E-state index in [-0.39, 0.29) is 23.6 Å². The molecular formula is C23H24F4N2O4. The Morgan fingerprint density at radius 2 is 1.91 bits per heavy atom. The predicted molar refractivity (Wildman–Crippen MR) is 114 cm³/mol. The van der Waals surface area contributed by atoms with E-state index in [1.165, 1.54) is 39.2 Å². The molecule has 0 bridgehead atoms. The van der Waals surface area contributed by atoms with Crippen molar-refractivity contribution in [3.05, 3.63) is 58.9 Å². The maximum Gasteiger partial charge on any atom is 0.426 e. The van der Waals surface area contributed by atoms with Crippen LogP contribution in [0.5, 0.6) is 5.75 Å². The van der Waals surface area contributed by atoms with Crippen LogP contribution in [0.1, 0.15) is 43.9 Å². The molecule has 1 unspecified atom stereocenters. The molecule has 0 aliphatic carbocycles. The fourth-order valence-electron chi connectivity index (χ4n) is 3.85. The molecule has 0 radical (unpaired) electrons. The molecule has 0 spiro atoms. The fourth-order valence-corrected chi connectivity index (χ4v) is 3.85. The zero-order valence-electron chi connectivity index (χ0n) is 18.5. The largest absolute Gasteiger partial charge is 0.496 e. The van der Waals surface area contributed by atoms with Gasteiger partial charge in [0.15, 0.2) is 0 Å². The fraction of sp³-hybridized carbons (Fsp3) is 0.391. The van der Waals surface area contributed by atoms with Crippen molar-refractivity contribution in [1.82, 2.24) is 0 Å².